The van der Waals surface area contributed by atoms with E-state index in [1.165, 1.54) is 12.8 Å². The number of nitrogens with one attached hydrogen (secondary N) is 1. The third kappa shape index (κ3) is 5.69. The van der Waals surface area contributed by atoms with Gasteiger partial charge < -0.3 is 16.0 Å². The van der Waals surface area contributed by atoms with Gasteiger partial charge in [-0.3, -0.25) is 4.79 Å². The van der Waals surface area contributed by atoms with Crippen LogP contribution in [0.1, 0.15) is 30.1 Å². The molecule has 1 aliphatic heterocycles. The van der Waals surface area contributed by atoms with E-state index in [-0.39, 0.29) is 30.7 Å². The SMILES string of the molecule is CC(CN)CNC(=O)c1ccc(N2CCCC2)nc1.Cl.Cl. The fourth-order valence-electron chi connectivity index (χ4n) is 2.11. The smallest absolute Gasteiger partial charge is 0.252 e. The average Bonchev–Trinajstić information content (AvgIpc) is 2.98. The molecular weight excluding hydrogens is 311 g/mol. The van der Waals surface area contributed by atoms with Gasteiger partial charge in [-0.2, -0.15) is 0 Å². The summed E-state index contributed by atoms with van der Waals surface area (Å²) in [6, 6.07) is 3.76. The third-order valence-corrected chi connectivity index (χ3v) is 3.45. The van der Waals surface area contributed by atoms with Crippen LogP contribution in [0.15, 0.2) is 18.3 Å². The van der Waals surface area contributed by atoms with E-state index in [9.17, 15) is 4.79 Å². The minimum Gasteiger partial charge on any atom is -0.357 e. The molecule has 7 heteroatoms. The third-order valence-electron chi connectivity index (χ3n) is 3.45. The number of nitrogens with zero attached hydrogens (tertiary/aromatic N) is 2. The lowest BCUT2D eigenvalue weighted by Gasteiger charge is -2.16. The van der Waals surface area contributed by atoms with Gasteiger partial charge in [0.15, 0.2) is 0 Å². The lowest BCUT2D eigenvalue weighted by atomic mass is 10.2. The number of hydrogen-bond acceptors (Lipinski definition) is 4. The van der Waals surface area contributed by atoms with Crippen molar-refractivity contribution < 1.29 is 4.79 Å². The van der Waals surface area contributed by atoms with Gasteiger partial charge in [-0.05, 0) is 37.4 Å². The van der Waals surface area contributed by atoms with Gasteiger partial charge in [-0.1, -0.05) is 6.92 Å². The predicted molar refractivity (Wildman–Crippen MR) is 90.7 cm³/mol. The summed E-state index contributed by atoms with van der Waals surface area (Å²) in [4.78, 5) is 18.5. The molecule has 3 N–H and O–H groups in total. The highest BCUT2D eigenvalue weighted by atomic mass is 35.5. The Hall–Kier alpha value is -1.04. The van der Waals surface area contributed by atoms with Gasteiger partial charge in [-0.15, -0.1) is 24.8 Å². The second-order valence-corrected chi connectivity index (χ2v) is 5.15. The Morgan fingerprint density at radius 2 is 2.05 bits per heavy atom. The lowest BCUT2D eigenvalue weighted by Crippen LogP contribution is -2.31. The van der Waals surface area contributed by atoms with Crippen LogP contribution < -0.4 is 16.0 Å². The second kappa shape index (κ2) is 9.82. The van der Waals surface area contributed by atoms with Crippen molar-refractivity contribution >= 4 is 36.5 Å². The summed E-state index contributed by atoms with van der Waals surface area (Å²) in [5, 5.41) is 2.87. The Kier molecular flexibility index (Phi) is 9.33. The minimum absolute atomic E-state index is 0. The summed E-state index contributed by atoms with van der Waals surface area (Å²) in [6.07, 6.45) is 4.10. The molecule has 2 rings (SSSR count). The fraction of sp³-hybridized carbons (Fsp3) is 0.571. The van der Waals surface area contributed by atoms with Crippen LogP contribution in [-0.4, -0.2) is 37.1 Å². The highest BCUT2D eigenvalue weighted by Crippen LogP contribution is 2.17. The van der Waals surface area contributed by atoms with Crippen molar-refractivity contribution in [1.29, 1.82) is 0 Å². The molecule has 1 atom stereocenters. The van der Waals surface area contributed by atoms with Crippen molar-refractivity contribution in [3.63, 3.8) is 0 Å². The van der Waals surface area contributed by atoms with Crippen molar-refractivity contribution in [2.75, 3.05) is 31.1 Å². The first-order chi connectivity index (χ1) is 9.20. The lowest BCUT2D eigenvalue weighted by molar-refractivity contribution is 0.0948. The van der Waals surface area contributed by atoms with Crippen molar-refractivity contribution in [3.05, 3.63) is 23.9 Å². The summed E-state index contributed by atoms with van der Waals surface area (Å²) in [7, 11) is 0. The van der Waals surface area contributed by atoms with E-state index < -0.39 is 0 Å². The fourth-order valence-corrected chi connectivity index (χ4v) is 2.11. The van der Waals surface area contributed by atoms with E-state index in [1.807, 2.05) is 19.1 Å². The van der Waals surface area contributed by atoms with E-state index in [0.717, 1.165) is 18.9 Å². The number of pyridine rings is 1. The Balaban J connectivity index is 0.00000200. The van der Waals surface area contributed by atoms with Crippen LogP contribution in [0.4, 0.5) is 5.82 Å². The molecule has 21 heavy (non-hydrogen) atoms. The molecule has 1 unspecified atom stereocenters. The van der Waals surface area contributed by atoms with Gasteiger partial charge in [0, 0.05) is 25.8 Å². The molecule has 1 fully saturated rings. The van der Waals surface area contributed by atoms with E-state index >= 15 is 0 Å². The Labute approximate surface area is 138 Å². The summed E-state index contributed by atoms with van der Waals surface area (Å²) in [6.45, 7) is 5.31. The highest BCUT2D eigenvalue weighted by Gasteiger charge is 2.14. The first kappa shape index (κ1) is 20.0. The van der Waals surface area contributed by atoms with Crippen LogP contribution in [0.3, 0.4) is 0 Å². The summed E-state index contributed by atoms with van der Waals surface area (Å²) < 4.78 is 0. The monoisotopic (exact) mass is 334 g/mol. The standard InChI is InChI=1S/C14H22N4O.2ClH/c1-11(8-15)9-17-14(19)12-4-5-13(16-10-12)18-6-2-3-7-18;;/h4-5,10-11H,2-3,6-9,15H2,1H3,(H,17,19);2*1H. The van der Waals surface area contributed by atoms with E-state index in [0.29, 0.717) is 24.6 Å². The molecule has 1 amide bonds. The molecule has 1 aromatic heterocycles. The average molecular weight is 335 g/mol. The number of carbonyl (C=O) groups excluding carboxylic acids is 1. The van der Waals surface area contributed by atoms with Gasteiger partial charge >= 0.3 is 0 Å². The first-order valence-corrected chi connectivity index (χ1v) is 6.90. The van der Waals surface area contributed by atoms with Gasteiger partial charge in [-0.25, -0.2) is 4.98 Å². The zero-order valence-corrected chi connectivity index (χ0v) is 13.9. The number of carbonyl (C=O) groups is 1. The maximum Gasteiger partial charge on any atom is 0.252 e. The van der Waals surface area contributed by atoms with Crippen LogP contribution in [0, 0.1) is 5.92 Å². The van der Waals surface area contributed by atoms with Crippen LogP contribution in [0.25, 0.3) is 0 Å². The van der Waals surface area contributed by atoms with E-state index in [4.69, 9.17) is 5.73 Å². The minimum atomic E-state index is -0.0826. The topological polar surface area (TPSA) is 71.2 Å². The number of nitrogens with two attached hydrogens (primary N) is 1. The number of amides is 1. The van der Waals surface area contributed by atoms with Crippen LogP contribution in [0.2, 0.25) is 0 Å². The molecule has 0 aliphatic carbocycles. The predicted octanol–water partition coefficient (Wildman–Crippen LogP) is 1.85. The van der Waals surface area contributed by atoms with Crippen molar-refractivity contribution in [2.24, 2.45) is 11.7 Å². The van der Waals surface area contributed by atoms with E-state index in [1.54, 1.807) is 6.20 Å². The van der Waals surface area contributed by atoms with Crippen molar-refractivity contribution in [2.45, 2.75) is 19.8 Å². The molecular formula is C14H24Cl2N4O. The summed E-state index contributed by atoms with van der Waals surface area (Å²) in [5.74, 6) is 1.17. The van der Waals surface area contributed by atoms with Crippen molar-refractivity contribution in [1.82, 2.24) is 10.3 Å². The second-order valence-electron chi connectivity index (χ2n) is 5.15. The molecule has 5 nitrogen and oxygen atoms in total. The summed E-state index contributed by atoms with van der Waals surface area (Å²) in [5.41, 5.74) is 6.12. The molecule has 0 bridgehead atoms. The number of halogens is 2. The van der Waals surface area contributed by atoms with Crippen LogP contribution in [-0.2, 0) is 0 Å². The van der Waals surface area contributed by atoms with Gasteiger partial charge in [0.05, 0.1) is 5.56 Å². The number of rotatable bonds is 5. The Bertz CT molecular complexity index is 421. The quantitative estimate of drug-likeness (QED) is 0.861. The maximum atomic E-state index is 11.9. The molecule has 0 aromatic carbocycles. The molecule has 1 aliphatic rings. The molecule has 0 saturated carbocycles. The molecule has 0 spiro atoms. The largest absolute Gasteiger partial charge is 0.357 e. The van der Waals surface area contributed by atoms with Gasteiger partial charge in [0.2, 0.25) is 0 Å². The zero-order chi connectivity index (χ0) is 13.7. The number of hydrogen-bond donors (Lipinski definition) is 2. The van der Waals surface area contributed by atoms with Crippen LogP contribution >= 0.6 is 24.8 Å². The Morgan fingerprint density at radius 3 is 2.57 bits per heavy atom. The highest BCUT2D eigenvalue weighted by molar-refractivity contribution is 5.94. The number of aromatic nitrogens is 1. The summed E-state index contributed by atoms with van der Waals surface area (Å²) >= 11 is 0. The van der Waals surface area contributed by atoms with Crippen molar-refractivity contribution in [3.8, 4) is 0 Å². The molecule has 120 valence electrons. The normalized spacial score (nSPS) is 14.9. The molecule has 2 heterocycles. The Morgan fingerprint density at radius 1 is 1.38 bits per heavy atom. The first-order valence-electron chi connectivity index (χ1n) is 6.90. The number of anilines is 1. The van der Waals surface area contributed by atoms with Crippen LogP contribution in [0.5, 0.6) is 0 Å². The van der Waals surface area contributed by atoms with Gasteiger partial charge in [0.25, 0.3) is 5.91 Å². The zero-order valence-electron chi connectivity index (χ0n) is 12.2. The van der Waals surface area contributed by atoms with Gasteiger partial charge in [0.1, 0.15) is 5.82 Å². The molecule has 1 saturated heterocycles. The maximum absolute atomic E-state index is 11.9. The molecule has 0 radical (unpaired) electrons. The molecule has 1 aromatic rings. The van der Waals surface area contributed by atoms with E-state index in [2.05, 4.69) is 15.2 Å².